The topological polar surface area (TPSA) is 41.5 Å². The van der Waals surface area contributed by atoms with Gasteiger partial charge in [-0.1, -0.05) is 0 Å². The number of anilines is 1. The second-order valence-electron chi connectivity index (χ2n) is 7.19. The first-order valence-corrected chi connectivity index (χ1v) is 7.93. The molecule has 3 fully saturated rings. The summed E-state index contributed by atoms with van der Waals surface area (Å²) in [6, 6.07) is 2.09. The van der Waals surface area contributed by atoms with Crippen molar-refractivity contribution in [1.29, 1.82) is 0 Å². The van der Waals surface area contributed by atoms with Gasteiger partial charge in [0.15, 0.2) is 0 Å². The fourth-order valence-corrected chi connectivity index (χ4v) is 4.64. The lowest BCUT2D eigenvalue weighted by atomic mass is 9.73. The Morgan fingerprint density at radius 1 is 1.43 bits per heavy atom. The third-order valence-electron chi connectivity index (χ3n) is 5.47. The Hall–Kier alpha value is -1.20. The van der Waals surface area contributed by atoms with E-state index in [-0.39, 0.29) is 5.60 Å². The number of ether oxygens (including phenoxy) is 1. The molecule has 0 aliphatic carbocycles. The molecule has 4 rings (SSSR count). The minimum Gasteiger partial charge on any atom is -0.369 e. The number of fused-ring (bicyclic) bond motifs is 1. The van der Waals surface area contributed by atoms with Crippen molar-refractivity contribution in [3.63, 3.8) is 0 Å². The third kappa shape index (κ3) is 2.06. The number of aromatic nitrogens is 2. The van der Waals surface area contributed by atoms with Gasteiger partial charge < -0.3 is 14.5 Å². The van der Waals surface area contributed by atoms with Crippen LogP contribution in [0, 0.1) is 18.8 Å². The summed E-state index contributed by atoms with van der Waals surface area (Å²) < 4.78 is 6.47. The van der Waals surface area contributed by atoms with E-state index in [2.05, 4.69) is 39.9 Å². The van der Waals surface area contributed by atoms with E-state index in [9.17, 15) is 0 Å². The lowest BCUT2D eigenvalue weighted by Gasteiger charge is -2.30. The van der Waals surface area contributed by atoms with Gasteiger partial charge in [-0.2, -0.15) is 0 Å². The van der Waals surface area contributed by atoms with Gasteiger partial charge >= 0.3 is 0 Å². The fraction of sp³-hybridized carbons (Fsp3) is 0.750. The van der Waals surface area contributed by atoms with Crippen LogP contribution in [0.3, 0.4) is 0 Å². The quantitative estimate of drug-likeness (QED) is 0.839. The van der Waals surface area contributed by atoms with Crippen molar-refractivity contribution < 1.29 is 4.74 Å². The predicted molar refractivity (Wildman–Crippen MR) is 81.4 cm³/mol. The van der Waals surface area contributed by atoms with E-state index < -0.39 is 0 Å². The van der Waals surface area contributed by atoms with E-state index in [0.29, 0.717) is 17.9 Å². The molecule has 0 aromatic carbocycles. The average Bonchev–Trinajstić information content (AvgIpc) is 3.08. The van der Waals surface area contributed by atoms with Crippen molar-refractivity contribution in [2.24, 2.45) is 11.8 Å². The van der Waals surface area contributed by atoms with Crippen LogP contribution in [-0.2, 0) is 4.74 Å². The van der Waals surface area contributed by atoms with Crippen LogP contribution in [0.5, 0.6) is 0 Å². The van der Waals surface area contributed by atoms with Crippen molar-refractivity contribution in [1.82, 2.24) is 14.9 Å². The van der Waals surface area contributed by atoms with E-state index >= 15 is 0 Å². The molecular weight excluding hydrogens is 264 g/mol. The van der Waals surface area contributed by atoms with Gasteiger partial charge in [0.1, 0.15) is 12.1 Å². The largest absolute Gasteiger partial charge is 0.369 e. The molecule has 114 valence electrons. The minimum atomic E-state index is 0.0875. The molecule has 5 nitrogen and oxygen atoms in total. The Balaban J connectivity index is 1.59. The maximum absolute atomic E-state index is 6.47. The molecule has 3 aliphatic heterocycles. The average molecular weight is 288 g/mol. The number of hydrogen-bond donors (Lipinski definition) is 0. The van der Waals surface area contributed by atoms with Crippen LogP contribution in [-0.4, -0.2) is 60.3 Å². The summed E-state index contributed by atoms with van der Waals surface area (Å²) in [5.41, 5.74) is 1.12. The summed E-state index contributed by atoms with van der Waals surface area (Å²) in [5, 5.41) is 0. The number of hydrogen-bond acceptors (Lipinski definition) is 5. The number of rotatable bonds is 3. The zero-order valence-electron chi connectivity index (χ0n) is 13.1. The fourth-order valence-electron chi connectivity index (χ4n) is 4.64. The van der Waals surface area contributed by atoms with Gasteiger partial charge in [0, 0.05) is 43.2 Å². The maximum atomic E-state index is 6.47. The first-order chi connectivity index (χ1) is 10.1. The Bertz CT molecular complexity index is 549. The van der Waals surface area contributed by atoms with Gasteiger partial charge in [-0.05, 0) is 33.9 Å². The van der Waals surface area contributed by atoms with Gasteiger partial charge in [-0.25, -0.2) is 9.97 Å². The van der Waals surface area contributed by atoms with Gasteiger partial charge in [-0.15, -0.1) is 0 Å². The lowest BCUT2D eigenvalue weighted by molar-refractivity contribution is 0.0136. The molecule has 3 aliphatic rings. The van der Waals surface area contributed by atoms with Crippen LogP contribution in [0.1, 0.15) is 18.5 Å². The van der Waals surface area contributed by atoms with E-state index in [1.54, 1.807) is 6.33 Å². The van der Waals surface area contributed by atoms with Crippen molar-refractivity contribution >= 4 is 5.82 Å². The summed E-state index contributed by atoms with van der Waals surface area (Å²) in [6.45, 7) is 5.23. The summed E-state index contributed by atoms with van der Waals surface area (Å²) in [5.74, 6) is 2.37. The molecule has 0 radical (unpaired) electrons. The van der Waals surface area contributed by atoms with Crippen molar-refractivity contribution in [3.05, 3.63) is 18.1 Å². The first kappa shape index (κ1) is 13.5. The summed E-state index contributed by atoms with van der Waals surface area (Å²) in [6.07, 6.45) is 4.59. The molecule has 5 heteroatoms. The molecule has 2 bridgehead atoms. The Kier molecular flexibility index (Phi) is 2.98. The van der Waals surface area contributed by atoms with Crippen molar-refractivity contribution in [2.45, 2.75) is 31.5 Å². The highest BCUT2D eigenvalue weighted by Gasteiger charge is 2.63. The smallest absolute Gasteiger partial charge is 0.132 e. The highest BCUT2D eigenvalue weighted by atomic mass is 16.5. The second kappa shape index (κ2) is 4.65. The van der Waals surface area contributed by atoms with E-state index in [0.717, 1.165) is 31.1 Å². The maximum Gasteiger partial charge on any atom is 0.132 e. The molecule has 0 N–H and O–H groups in total. The molecule has 1 aromatic heterocycles. The minimum absolute atomic E-state index is 0.0875. The molecule has 0 unspecified atom stereocenters. The van der Waals surface area contributed by atoms with Gasteiger partial charge in [-0.3, -0.25) is 0 Å². The van der Waals surface area contributed by atoms with E-state index in [1.165, 1.54) is 12.8 Å². The van der Waals surface area contributed by atoms with Crippen LogP contribution < -0.4 is 4.90 Å². The molecule has 21 heavy (non-hydrogen) atoms. The number of nitrogens with zero attached hydrogens (tertiary/aromatic N) is 4. The summed E-state index contributed by atoms with van der Waals surface area (Å²) in [4.78, 5) is 13.4. The van der Waals surface area contributed by atoms with Gasteiger partial charge in [0.2, 0.25) is 0 Å². The molecule has 1 aromatic rings. The zero-order chi connectivity index (χ0) is 14.6. The first-order valence-electron chi connectivity index (χ1n) is 7.93. The molecule has 4 heterocycles. The summed E-state index contributed by atoms with van der Waals surface area (Å²) >= 11 is 0. The van der Waals surface area contributed by atoms with Gasteiger partial charge in [0.05, 0.1) is 11.7 Å². The molecule has 0 saturated carbocycles. The highest BCUT2D eigenvalue weighted by molar-refractivity contribution is 5.43. The monoisotopic (exact) mass is 288 g/mol. The zero-order valence-corrected chi connectivity index (χ0v) is 13.1. The SMILES string of the molecule is Cc1cc(N2C[C@H]3[C@@H](CN(C)C)[C@@H]4CC[C@@]3(C2)O4)ncn1. The Labute approximate surface area is 126 Å². The normalized spacial score (nSPS) is 37.5. The number of aryl methyl sites for hydroxylation is 1. The predicted octanol–water partition coefficient (Wildman–Crippen LogP) is 1.33. The van der Waals surface area contributed by atoms with Crippen LogP contribution in [0.2, 0.25) is 0 Å². The lowest BCUT2D eigenvalue weighted by Crippen LogP contribution is -2.40. The van der Waals surface area contributed by atoms with E-state index in [4.69, 9.17) is 4.74 Å². The molecular formula is C16H24N4O. The van der Waals surface area contributed by atoms with E-state index in [1.807, 2.05) is 6.92 Å². The standard InChI is InChI=1S/C16H24N4O/c1-11-6-15(18-10-17-11)20-8-13-12(7-19(2)3)14-4-5-16(13,9-20)21-14/h6,10,12-14H,4-5,7-9H2,1-3H3/t12-,13+,14+,16+/m1/s1. The summed E-state index contributed by atoms with van der Waals surface area (Å²) in [7, 11) is 4.33. The molecule has 1 spiro atoms. The third-order valence-corrected chi connectivity index (χ3v) is 5.47. The highest BCUT2D eigenvalue weighted by Crippen LogP contribution is 2.55. The van der Waals surface area contributed by atoms with Crippen LogP contribution >= 0.6 is 0 Å². The van der Waals surface area contributed by atoms with Crippen molar-refractivity contribution in [3.8, 4) is 0 Å². The molecule has 4 atom stereocenters. The van der Waals surface area contributed by atoms with Crippen LogP contribution in [0.25, 0.3) is 0 Å². The molecule has 3 saturated heterocycles. The van der Waals surface area contributed by atoms with Crippen LogP contribution in [0.4, 0.5) is 5.82 Å². The van der Waals surface area contributed by atoms with Crippen LogP contribution in [0.15, 0.2) is 12.4 Å². The van der Waals surface area contributed by atoms with Crippen molar-refractivity contribution in [2.75, 3.05) is 38.6 Å². The molecule has 0 amide bonds. The Morgan fingerprint density at radius 2 is 2.29 bits per heavy atom. The second-order valence-corrected chi connectivity index (χ2v) is 7.19. The van der Waals surface area contributed by atoms with Gasteiger partial charge in [0.25, 0.3) is 0 Å². The Morgan fingerprint density at radius 3 is 3.05 bits per heavy atom.